The van der Waals surface area contributed by atoms with Gasteiger partial charge in [0, 0.05) is 13.0 Å². The SMILES string of the molecule is O=C(O)OC1=NCCCCC1. The average molecular weight is 157 g/mol. The minimum Gasteiger partial charge on any atom is -0.449 e. The monoisotopic (exact) mass is 157 g/mol. The molecule has 1 rings (SSSR count). The molecule has 0 unspecified atom stereocenters. The number of carbonyl (C=O) groups is 1. The molecule has 0 amide bonds. The number of hydrogen-bond acceptors (Lipinski definition) is 3. The summed E-state index contributed by atoms with van der Waals surface area (Å²) < 4.78 is 4.44. The van der Waals surface area contributed by atoms with E-state index in [-0.39, 0.29) is 0 Å². The van der Waals surface area contributed by atoms with Crippen LogP contribution in [-0.4, -0.2) is 23.7 Å². The van der Waals surface area contributed by atoms with Gasteiger partial charge in [-0.2, -0.15) is 0 Å². The Bertz CT molecular complexity index is 177. The summed E-state index contributed by atoms with van der Waals surface area (Å²) in [6, 6.07) is 0. The molecule has 4 heteroatoms. The van der Waals surface area contributed by atoms with E-state index in [9.17, 15) is 4.79 Å². The van der Waals surface area contributed by atoms with Crippen molar-refractivity contribution in [3.05, 3.63) is 0 Å². The van der Waals surface area contributed by atoms with Crippen LogP contribution in [0.4, 0.5) is 4.79 Å². The highest BCUT2D eigenvalue weighted by Crippen LogP contribution is 2.07. The van der Waals surface area contributed by atoms with Crippen LogP contribution in [0, 0.1) is 0 Å². The molecule has 11 heavy (non-hydrogen) atoms. The Morgan fingerprint density at radius 1 is 1.45 bits per heavy atom. The van der Waals surface area contributed by atoms with Gasteiger partial charge in [0.25, 0.3) is 0 Å². The number of rotatable bonds is 0. The standard InChI is InChI=1S/C7H11NO3/c9-7(10)11-6-4-2-1-3-5-8-6/h1-5H2,(H,9,10). The summed E-state index contributed by atoms with van der Waals surface area (Å²) in [5.41, 5.74) is 0. The molecule has 0 aromatic heterocycles. The van der Waals surface area contributed by atoms with E-state index in [1.54, 1.807) is 0 Å². The Labute approximate surface area is 64.9 Å². The van der Waals surface area contributed by atoms with Crippen LogP contribution in [0.25, 0.3) is 0 Å². The zero-order valence-electron chi connectivity index (χ0n) is 6.25. The van der Waals surface area contributed by atoms with Crippen molar-refractivity contribution in [1.82, 2.24) is 0 Å². The smallest absolute Gasteiger partial charge is 0.449 e. The van der Waals surface area contributed by atoms with Gasteiger partial charge < -0.3 is 9.84 Å². The molecular formula is C7H11NO3. The second-order valence-electron chi connectivity index (χ2n) is 2.45. The molecule has 0 atom stereocenters. The van der Waals surface area contributed by atoms with E-state index in [1.807, 2.05) is 0 Å². The minimum atomic E-state index is -1.26. The maximum Gasteiger partial charge on any atom is 0.512 e. The second kappa shape index (κ2) is 3.95. The molecule has 0 radical (unpaired) electrons. The van der Waals surface area contributed by atoms with Crippen LogP contribution >= 0.6 is 0 Å². The predicted octanol–water partition coefficient (Wildman–Crippen LogP) is 1.65. The fourth-order valence-corrected chi connectivity index (χ4v) is 1.03. The lowest BCUT2D eigenvalue weighted by Gasteiger charge is -1.99. The van der Waals surface area contributed by atoms with E-state index in [1.165, 1.54) is 0 Å². The van der Waals surface area contributed by atoms with Gasteiger partial charge >= 0.3 is 6.16 Å². The van der Waals surface area contributed by atoms with Crippen LogP contribution in [0.3, 0.4) is 0 Å². The lowest BCUT2D eigenvalue weighted by atomic mass is 10.2. The van der Waals surface area contributed by atoms with E-state index in [4.69, 9.17) is 5.11 Å². The highest BCUT2D eigenvalue weighted by molar-refractivity contribution is 5.85. The third-order valence-electron chi connectivity index (χ3n) is 1.54. The largest absolute Gasteiger partial charge is 0.512 e. The Morgan fingerprint density at radius 3 is 3.00 bits per heavy atom. The molecule has 1 N–H and O–H groups in total. The van der Waals surface area contributed by atoms with Gasteiger partial charge in [0.1, 0.15) is 0 Å². The first-order valence-electron chi connectivity index (χ1n) is 3.73. The molecule has 62 valence electrons. The summed E-state index contributed by atoms with van der Waals surface area (Å²) in [4.78, 5) is 14.1. The molecule has 4 nitrogen and oxygen atoms in total. The summed E-state index contributed by atoms with van der Waals surface area (Å²) in [7, 11) is 0. The van der Waals surface area contributed by atoms with Gasteiger partial charge in [-0.25, -0.2) is 4.79 Å². The van der Waals surface area contributed by atoms with Gasteiger partial charge in [0.05, 0.1) is 0 Å². The van der Waals surface area contributed by atoms with Crippen molar-refractivity contribution in [2.75, 3.05) is 6.54 Å². The topological polar surface area (TPSA) is 58.9 Å². The van der Waals surface area contributed by atoms with Crippen molar-refractivity contribution >= 4 is 12.1 Å². The van der Waals surface area contributed by atoms with Gasteiger partial charge in [-0.1, -0.05) is 6.42 Å². The lowest BCUT2D eigenvalue weighted by molar-refractivity contribution is 0.139. The number of nitrogens with zero attached hydrogens (tertiary/aromatic N) is 1. The zero-order chi connectivity index (χ0) is 8.10. The fourth-order valence-electron chi connectivity index (χ4n) is 1.03. The molecular weight excluding hydrogens is 146 g/mol. The molecule has 0 spiro atoms. The highest BCUT2D eigenvalue weighted by atomic mass is 16.7. The third kappa shape index (κ3) is 3.02. The van der Waals surface area contributed by atoms with Crippen molar-refractivity contribution < 1.29 is 14.6 Å². The molecule has 1 heterocycles. The van der Waals surface area contributed by atoms with Crippen molar-refractivity contribution in [3.63, 3.8) is 0 Å². The van der Waals surface area contributed by atoms with Gasteiger partial charge in [-0.15, -0.1) is 0 Å². The second-order valence-corrected chi connectivity index (χ2v) is 2.45. The molecule has 0 aromatic carbocycles. The average Bonchev–Trinajstić information content (AvgIpc) is 2.14. The first kappa shape index (κ1) is 8.04. The first-order chi connectivity index (χ1) is 5.29. The van der Waals surface area contributed by atoms with E-state index in [0.29, 0.717) is 18.9 Å². The van der Waals surface area contributed by atoms with Crippen molar-refractivity contribution in [3.8, 4) is 0 Å². The summed E-state index contributed by atoms with van der Waals surface area (Å²) in [5, 5.41) is 8.25. The first-order valence-corrected chi connectivity index (χ1v) is 3.73. The number of hydrogen-bond donors (Lipinski definition) is 1. The van der Waals surface area contributed by atoms with Crippen LogP contribution in [0.5, 0.6) is 0 Å². The Balaban J connectivity index is 2.40. The molecule has 0 saturated heterocycles. The van der Waals surface area contributed by atoms with Gasteiger partial charge in [-0.05, 0) is 12.8 Å². The normalized spacial score (nSPS) is 18.4. The molecule has 0 bridgehead atoms. The summed E-state index contributed by atoms with van der Waals surface area (Å²) in [5.74, 6) is 0.370. The predicted molar refractivity (Wildman–Crippen MR) is 39.9 cm³/mol. The lowest BCUT2D eigenvalue weighted by Crippen LogP contribution is -2.09. The summed E-state index contributed by atoms with van der Waals surface area (Å²) in [6.45, 7) is 0.697. The highest BCUT2D eigenvalue weighted by Gasteiger charge is 2.08. The summed E-state index contributed by atoms with van der Waals surface area (Å²) in [6.07, 6.45) is 2.52. The van der Waals surface area contributed by atoms with E-state index in [2.05, 4.69) is 9.73 Å². The van der Waals surface area contributed by atoms with Gasteiger partial charge in [-0.3, -0.25) is 4.99 Å². The van der Waals surface area contributed by atoms with Gasteiger partial charge in [0.2, 0.25) is 0 Å². The van der Waals surface area contributed by atoms with E-state index < -0.39 is 6.16 Å². The van der Waals surface area contributed by atoms with Crippen molar-refractivity contribution in [2.45, 2.75) is 25.7 Å². The van der Waals surface area contributed by atoms with Crippen LogP contribution in [0.1, 0.15) is 25.7 Å². The van der Waals surface area contributed by atoms with E-state index in [0.717, 1.165) is 19.3 Å². The Kier molecular flexibility index (Phi) is 2.89. The number of carboxylic acid groups (broad SMARTS) is 1. The molecule has 0 aliphatic carbocycles. The summed E-state index contributed by atoms with van der Waals surface area (Å²) >= 11 is 0. The third-order valence-corrected chi connectivity index (χ3v) is 1.54. The number of ether oxygens (including phenoxy) is 1. The van der Waals surface area contributed by atoms with Crippen LogP contribution in [0.2, 0.25) is 0 Å². The minimum absolute atomic E-state index is 0.370. The van der Waals surface area contributed by atoms with Crippen LogP contribution in [0.15, 0.2) is 4.99 Å². The van der Waals surface area contributed by atoms with Crippen LogP contribution in [-0.2, 0) is 4.74 Å². The Morgan fingerprint density at radius 2 is 2.27 bits per heavy atom. The molecule has 0 saturated carbocycles. The van der Waals surface area contributed by atoms with Gasteiger partial charge in [0.15, 0.2) is 5.90 Å². The maximum atomic E-state index is 10.1. The zero-order valence-corrected chi connectivity index (χ0v) is 6.25. The number of aliphatic imine (C=N–C) groups is 1. The molecule has 0 aromatic rings. The Hall–Kier alpha value is -1.06. The fraction of sp³-hybridized carbons (Fsp3) is 0.714. The molecule has 0 fully saturated rings. The quantitative estimate of drug-likeness (QED) is 0.544. The van der Waals surface area contributed by atoms with E-state index >= 15 is 0 Å². The van der Waals surface area contributed by atoms with Crippen molar-refractivity contribution in [2.24, 2.45) is 4.99 Å². The molecule has 1 aliphatic rings. The molecule has 1 aliphatic heterocycles. The van der Waals surface area contributed by atoms with Crippen LogP contribution < -0.4 is 0 Å². The van der Waals surface area contributed by atoms with Crippen molar-refractivity contribution in [1.29, 1.82) is 0 Å². The maximum absolute atomic E-state index is 10.1.